The molecule has 0 radical (unpaired) electrons. The summed E-state index contributed by atoms with van der Waals surface area (Å²) in [6, 6.07) is 0. The molecular weight excluding hydrogens is 188 g/mol. The third kappa shape index (κ3) is 3.06. The van der Waals surface area contributed by atoms with Gasteiger partial charge in [0.05, 0.1) is 0 Å². The zero-order valence-corrected chi connectivity index (χ0v) is 9.24. The van der Waals surface area contributed by atoms with Gasteiger partial charge in [0, 0.05) is 19.5 Å². The van der Waals surface area contributed by atoms with Gasteiger partial charge in [-0.05, 0) is 38.3 Å². The summed E-state index contributed by atoms with van der Waals surface area (Å²) in [5.41, 5.74) is 0. The van der Waals surface area contributed by atoms with Crippen LogP contribution in [-0.4, -0.2) is 37.0 Å². The minimum atomic E-state index is 0.353. The quantitative estimate of drug-likeness (QED) is 0.691. The van der Waals surface area contributed by atoms with Crippen LogP contribution in [0.15, 0.2) is 12.2 Å². The number of hydrogen-bond acceptors (Lipinski definition) is 2. The van der Waals surface area contributed by atoms with Crippen molar-refractivity contribution in [3.05, 3.63) is 12.2 Å². The summed E-state index contributed by atoms with van der Waals surface area (Å²) in [6.07, 6.45) is 8.37. The first kappa shape index (κ1) is 10.7. The number of piperidine rings is 1. The second kappa shape index (κ2) is 5.31. The molecule has 3 nitrogen and oxygen atoms in total. The van der Waals surface area contributed by atoms with Gasteiger partial charge in [-0.1, -0.05) is 12.2 Å². The monoisotopic (exact) mass is 208 g/mol. The fraction of sp³-hybridized carbons (Fsp3) is 0.750. The normalized spacial score (nSPS) is 23.1. The maximum atomic E-state index is 11.9. The number of nitrogens with one attached hydrogen (secondary N) is 1. The maximum absolute atomic E-state index is 11.9. The summed E-state index contributed by atoms with van der Waals surface area (Å²) >= 11 is 0. The van der Waals surface area contributed by atoms with E-state index in [1.807, 2.05) is 4.90 Å². The first-order valence-corrected chi connectivity index (χ1v) is 6.00. The first-order valence-electron chi connectivity index (χ1n) is 6.00. The largest absolute Gasteiger partial charge is 0.339 e. The molecule has 84 valence electrons. The van der Waals surface area contributed by atoms with Crippen LogP contribution in [0.5, 0.6) is 0 Å². The molecule has 1 N–H and O–H groups in total. The molecule has 2 rings (SSSR count). The van der Waals surface area contributed by atoms with Crippen LogP contribution >= 0.6 is 0 Å². The molecule has 15 heavy (non-hydrogen) atoms. The lowest BCUT2D eigenvalue weighted by Gasteiger charge is -2.27. The van der Waals surface area contributed by atoms with Gasteiger partial charge < -0.3 is 10.2 Å². The fourth-order valence-corrected chi connectivity index (χ4v) is 2.33. The Bertz CT molecular complexity index is 244. The average molecular weight is 208 g/mol. The molecule has 1 amide bonds. The molecule has 0 spiro atoms. The van der Waals surface area contributed by atoms with E-state index < -0.39 is 0 Å². The molecule has 3 heteroatoms. The van der Waals surface area contributed by atoms with E-state index >= 15 is 0 Å². The van der Waals surface area contributed by atoms with E-state index in [1.165, 1.54) is 0 Å². The van der Waals surface area contributed by atoms with Gasteiger partial charge in [0.2, 0.25) is 5.91 Å². The van der Waals surface area contributed by atoms with E-state index in [0.717, 1.165) is 51.9 Å². The van der Waals surface area contributed by atoms with Crippen molar-refractivity contribution in [1.29, 1.82) is 0 Å². The number of nitrogens with zero attached hydrogens (tertiary/aromatic N) is 1. The van der Waals surface area contributed by atoms with Crippen molar-refractivity contribution in [2.45, 2.75) is 25.7 Å². The first-order chi connectivity index (χ1) is 7.36. The van der Waals surface area contributed by atoms with Gasteiger partial charge >= 0.3 is 0 Å². The number of hydrogen-bond donors (Lipinski definition) is 1. The van der Waals surface area contributed by atoms with Crippen molar-refractivity contribution < 1.29 is 4.79 Å². The predicted molar refractivity (Wildman–Crippen MR) is 60.5 cm³/mol. The third-order valence-corrected chi connectivity index (χ3v) is 3.33. The molecule has 0 saturated carbocycles. The van der Waals surface area contributed by atoms with Crippen molar-refractivity contribution in [3.8, 4) is 0 Å². The topological polar surface area (TPSA) is 32.3 Å². The summed E-state index contributed by atoms with van der Waals surface area (Å²) in [5, 5.41) is 3.33. The number of carbonyl (C=O) groups is 1. The fourth-order valence-electron chi connectivity index (χ4n) is 2.33. The van der Waals surface area contributed by atoms with Gasteiger partial charge in [-0.2, -0.15) is 0 Å². The van der Waals surface area contributed by atoms with E-state index in [0.29, 0.717) is 11.8 Å². The third-order valence-electron chi connectivity index (χ3n) is 3.33. The zero-order chi connectivity index (χ0) is 10.5. The highest BCUT2D eigenvalue weighted by molar-refractivity contribution is 5.76. The molecular formula is C12H20N2O. The Hall–Kier alpha value is -0.830. The SMILES string of the molecule is O=C(CC1CCNCC1)N1CC=CCC1. The van der Waals surface area contributed by atoms with Gasteiger partial charge in [0.25, 0.3) is 0 Å². The molecule has 0 aromatic heterocycles. The molecule has 1 fully saturated rings. The van der Waals surface area contributed by atoms with E-state index in [2.05, 4.69) is 17.5 Å². The lowest BCUT2D eigenvalue weighted by Crippen LogP contribution is -2.37. The standard InChI is InChI=1S/C12H20N2O/c15-12(14-8-2-1-3-9-14)10-11-4-6-13-7-5-11/h1-2,11,13H,3-10H2. The van der Waals surface area contributed by atoms with E-state index in [9.17, 15) is 4.79 Å². The van der Waals surface area contributed by atoms with Crippen molar-refractivity contribution in [1.82, 2.24) is 10.2 Å². The van der Waals surface area contributed by atoms with Gasteiger partial charge in [0.1, 0.15) is 0 Å². The maximum Gasteiger partial charge on any atom is 0.223 e. The van der Waals surface area contributed by atoms with Gasteiger partial charge in [-0.15, -0.1) is 0 Å². The van der Waals surface area contributed by atoms with Crippen LogP contribution in [-0.2, 0) is 4.79 Å². The lowest BCUT2D eigenvalue weighted by atomic mass is 9.94. The Labute approximate surface area is 91.5 Å². The molecule has 0 aliphatic carbocycles. The Kier molecular flexibility index (Phi) is 3.78. The Balaban J connectivity index is 1.77. The second-order valence-corrected chi connectivity index (χ2v) is 4.50. The Morgan fingerprint density at radius 1 is 1.33 bits per heavy atom. The number of rotatable bonds is 2. The molecule has 0 aromatic carbocycles. The van der Waals surface area contributed by atoms with E-state index in [4.69, 9.17) is 0 Å². The van der Waals surface area contributed by atoms with Gasteiger partial charge in [-0.3, -0.25) is 4.79 Å². The van der Waals surface area contributed by atoms with Crippen molar-refractivity contribution in [2.24, 2.45) is 5.92 Å². The summed E-state index contributed by atoms with van der Waals surface area (Å²) < 4.78 is 0. The average Bonchev–Trinajstić information content (AvgIpc) is 2.31. The Morgan fingerprint density at radius 3 is 2.80 bits per heavy atom. The van der Waals surface area contributed by atoms with Crippen molar-refractivity contribution in [3.63, 3.8) is 0 Å². The highest BCUT2D eigenvalue weighted by Gasteiger charge is 2.20. The highest BCUT2D eigenvalue weighted by atomic mass is 16.2. The molecule has 0 unspecified atom stereocenters. The summed E-state index contributed by atoms with van der Waals surface area (Å²) in [7, 11) is 0. The highest BCUT2D eigenvalue weighted by Crippen LogP contribution is 2.17. The van der Waals surface area contributed by atoms with Crippen LogP contribution in [0.1, 0.15) is 25.7 Å². The molecule has 0 bridgehead atoms. The van der Waals surface area contributed by atoms with Gasteiger partial charge in [-0.25, -0.2) is 0 Å². The van der Waals surface area contributed by atoms with Crippen LogP contribution in [0.4, 0.5) is 0 Å². The van der Waals surface area contributed by atoms with Crippen molar-refractivity contribution in [2.75, 3.05) is 26.2 Å². The van der Waals surface area contributed by atoms with Crippen LogP contribution in [0.3, 0.4) is 0 Å². The number of amides is 1. The zero-order valence-electron chi connectivity index (χ0n) is 9.24. The van der Waals surface area contributed by atoms with Crippen LogP contribution < -0.4 is 5.32 Å². The molecule has 0 aromatic rings. The minimum Gasteiger partial charge on any atom is -0.339 e. The molecule has 1 saturated heterocycles. The summed E-state index contributed by atoms with van der Waals surface area (Å²) in [6.45, 7) is 3.90. The van der Waals surface area contributed by atoms with Gasteiger partial charge in [0.15, 0.2) is 0 Å². The second-order valence-electron chi connectivity index (χ2n) is 4.50. The summed E-state index contributed by atoms with van der Waals surface area (Å²) in [4.78, 5) is 13.9. The summed E-state index contributed by atoms with van der Waals surface area (Å²) in [5.74, 6) is 0.968. The molecule has 0 atom stereocenters. The van der Waals surface area contributed by atoms with Crippen molar-refractivity contribution >= 4 is 5.91 Å². The smallest absolute Gasteiger partial charge is 0.223 e. The molecule has 2 aliphatic heterocycles. The Morgan fingerprint density at radius 2 is 2.13 bits per heavy atom. The predicted octanol–water partition coefficient (Wildman–Crippen LogP) is 1.16. The van der Waals surface area contributed by atoms with E-state index in [1.54, 1.807) is 0 Å². The number of carbonyl (C=O) groups excluding carboxylic acids is 1. The lowest BCUT2D eigenvalue weighted by molar-refractivity contribution is -0.132. The van der Waals surface area contributed by atoms with Crippen LogP contribution in [0.2, 0.25) is 0 Å². The van der Waals surface area contributed by atoms with Crippen LogP contribution in [0.25, 0.3) is 0 Å². The minimum absolute atomic E-state index is 0.353. The van der Waals surface area contributed by atoms with E-state index in [-0.39, 0.29) is 0 Å². The van der Waals surface area contributed by atoms with Crippen LogP contribution in [0, 0.1) is 5.92 Å². The molecule has 2 aliphatic rings. The molecule has 2 heterocycles.